The van der Waals surface area contributed by atoms with Crippen molar-refractivity contribution in [1.82, 2.24) is 0 Å². The van der Waals surface area contributed by atoms with Gasteiger partial charge in [-0.3, -0.25) is 14.4 Å². The molecule has 1 saturated heterocycles. The van der Waals surface area contributed by atoms with Crippen LogP contribution in [0, 0.1) is 5.92 Å². The van der Waals surface area contributed by atoms with Crippen molar-refractivity contribution in [3.05, 3.63) is 18.2 Å². The SMILES string of the molecule is COc1ccc(NC(C)=O)cc1NC(=O)COC(=O)C[C@H]1CCS(=O)(=O)C1. The van der Waals surface area contributed by atoms with Gasteiger partial charge in [-0.1, -0.05) is 0 Å². The standard InChI is InChI=1S/C17H22N2O7S/c1-11(20)18-13-3-4-15(25-2)14(8-13)19-16(21)9-26-17(22)7-12-5-6-27(23,24)10-12/h3-4,8,12H,5-7,9-10H2,1-2H3,(H,18,20)(H,19,21)/t12-/m1/s1. The molecule has 1 aromatic rings. The third kappa shape index (κ3) is 6.55. The number of carbonyl (C=O) groups is 3. The molecule has 1 aliphatic rings. The molecule has 2 amide bonds. The van der Waals surface area contributed by atoms with Crippen molar-refractivity contribution in [2.45, 2.75) is 19.8 Å². The number of methoxy groups -OCH3 is 1. The van der Waals surface area contributed by atoms with Crippen LogP contribution in [0.15, 0.2) is 18.2 Å². The van der Waals surface area contributed by atoms with Crippen molar-refractivity contribution in [3.8, 4) is 5.75 Å². The molecule has 1 aliphatic heterocycles. The summed E-state index contributed by atoms with van der Waals surface area (Å²) in [6.07, 6.45) is 0.393. The highest BCUT2D eigenvalue weighted by atomic mass is 32.2. The first-order valence-corrected chi connectivity index (χ1v) is 10.1. The molecule has 0 aromatic heterocycles. The van der Waals surface area contributed by atoms with Crippen molar-refractivity contribution < 1.29 is 32.3 Å². The maximum absolute atomic E-state index is 12.0. The lowest BCUT2D eigenvalue weighted by molar-refractivity contribution is -0.148. The molecule has 0 bridgehead atoms. The number of esters is 1. The summed E-state index contributed by atoms with van der Waals surface area (Å²) in [5.41, 5.74) is 0.782. The molecule has 10 heteroatoms. The number of hydrogen-bond donors (Lipinski definition) is 2. The predicted octanol–water partition coefficient (Wildman–Crippen LogP) is 0.960. The summed E-state index contributed by atoms with van der Waals surface area (Å²) in [4.78, 5) is 35.0. The normalized spacial score (nSPS) is 17.8. The van der Waals surface area contributed by atoms with E-state index < -0.39 is 28.3 Å². The molecule has 1 heterocycles. The predicted molar refractivity (Wildman–Crippen MR) is 98.3 cm³/mol. The fraction of sp³-hybridized carbons (Fsp3) is 0.471. The molecule has 1 atom stereocenters. The van der Waals surface area contributed by atoms with Gasteiger partial charge in [0.25, 0.3) is 5.91 Å². The number of anilines is 2. The first kappa shape index (κ1) is 20.7. The van der Waals surface area contributed by atoms with E-state index in [1.165, 1.54) is 20.1 Å². The van der Waals surface area contributed by atoms with Crippen LogP contribution in [0.5, 0.6) is 5.75 Å². The monoisotopic (exact) mass is 398 g/mol. The Morgan fingerprint density at radius 2 is 1.96 bits per heavy atom. The topological polar surface area (TPSA) is 128 Å². The Morgan fingerprint density at radius 1 is 1.22 bits per heavy atom. The Labute approximate surface area is 157 Å². The van der Waals surface area contributed by atoms with Crippen LogP contribution < -0.4 is 15.4 Å². The molecule has 0 radical (unpaired) electrons. The first-order valence-electron chi connectivity index (χ1n) is 8.30. The Balaban J connectivity index is 1.87. The van der Waals surface area contributed by atoms with Gasteiger partial charge in [0.2, 0.25) is 5.91 Å². The number of carbonyl (C=O) groups excluding carboxylic acids is 3. The highest BCUT2D eigenvalue weighted by Crippen LogP contribution is 2.28. The van der Waals surface area contributed by atoms with Crippen molar-refractivity contribution in [3.63, 3.8) is 0 Å². The summed E-state index contributed by atoms with van der Waals surface area (Å²) in [6, 6.07) is 4.71. The van der Waals surface area contributed by atoms with E-state index in [2.05, 4.69) is 10.6 Å². The number of nitrogens with one attached hydrogen (secondary N) is 2. The molecule has 27 heavy (non-hydrogen) atoms. The summed E-state index contributed by atoms with van der Waals surface area (Å²) in [5.74, 6) is -1.30. The molecular formula is C17H22N2O7S. The lowest BCUT2D eigenvalue weighted by Crippen LogP contribution is -2.22. The van der Waals surface area contributed by atoms with Crippen LogP contribution in [0.3, 0.4) is 0 Å². The van der Waals surface area contributed by atoms with Crippen molar-refractivity contribution in [2.75, 3.05) is 35.9 Å². The lowest BCUT2D eigenvalue weighted by atomic mass is 10.1. The van der Waals surface area contributed by atoms with E-state index in [0.717, 1.165) is 0 Å². The Hall–Kier alpha value is -2.62. The molecule has 9 nitrogen and oxygen atoms in total. The van der Waals surface area contributed by atoms with Crippen molar-refractivity contribution >= 4 is 39.0 Å². The summed E-state index contributed by atoms with van der Waals surface area (Å²) in [7, 11) is -1.64. The number of hydrogen-bond acceptors (Lipinski definition) is 7. The van der Waals surface area contributed by atoms with Gasteiger partial charge in [0.05, 0.1) is 24.3 Å². The zero-order valence-electron chi connectivity index (χ0n) is 15.1. The highest BCUT2D eigenvalue weighted by Gasteiger charge is 2.30. The molecule has 2 rings (SSSR count). The number of amides is 2. The number of ether oxygens (including phenoxy) is 2. The van der Waals surface area contributed by atoms with Crippen molar-refractivity contribution in [2.24, 2.45) is 5.92 Å². The van der Waals surface area contributed by atoms with Crippen molar-refractivity contribution in [1.29, 1.82) is 0 Å². The van der Waals surface area contributed by atoms with Crippen LogP contribution in [0.2, 0.25) is 0 Å². The second kappa shape index (κ2) is 8.85. The average molecular weight is 398 g/mol. The lowest BCUT2D eigenvalue weighted by Gasteiger charge is -2.13. The number of benzene rings is 1. The molecule has 2 N–H and O–H groups in total. The largest absolute Gasteiger partial charge is 0.495 e. The van der Waals surface area contributed by atoms with E-state index in [1.807, 2.05) is 0 Å². The minimum absolute atomic E-state index is 0.0264. The summed E-state index contributed by atoms with van der Waals surface area (Å²) < 4.78 is 32.9. The van der Waals surface area contributed by atoms with Crippen LogP contribution in [0.25, 0.3) is 0 Å². The molecule has 148 valence electrons. The van der Waals surface area contributed by atoms with E-state index in [9.17, 15) is 22.8 Å². The smallest absolute Gasteiger partial charge is 0.306 e. The Morgan fingerprint density at radius 3 is 2.56 bits per heavy atom. The Kier molecular flexibility index (Phi) is 6.78. The summed E-state index contributed by atoms with van der Waals surface area (Å²) in [6.45, 7) is 0.851. The van der Waals surface area contributed by atoms with Gasteiger partial charge in [0.1, 0.15) is 5.75 Å². The fourth-order valence-electron chi connectivity index (χ4n) is 2.75. The Bertz CT molecular complexity index is 836. The maximum atomic E-state index is 12.0. The zero-order chi connectivity index (χ0) is 20.0. The van der Waals surface area contributed by atoms with E-state index in [-0.39, 0.29) is 29.8 Å². The third-order valence-electron chi connectivity index (χ3n) is 3.94. The van der Waals surface area contributed by atoms with Gasteiger partial charge in [0.15, 0.2) is 16.4 Å². The first-order chi connectivity index (χ1) is 12.7. The van der Waals surface area contributed by atoms with Gasteiger partial charge in [-0.05, 0) is 30.5 Å². The second-order valence-electron chi connectivity index (χ2n) is 6.28. The molecule has 0 unspecified atom stereocenters. The van der Waals surface area contributed by atoms with Crippen LogP contribution >= 0.6 is 0 Å². The van der Waals surface area contributed by atoms with E-state index >= 15 is 0 Å². The van der Waals surface area contributed by atoms with E-state index in [4.69, 9.17) is 9.47 Å². The van der Waals surface area contributed by atoms with E-state index in [0.29, 0.717) is 23.5 Å². The van der Waals surface area contributed by atoms with Gasteiger partial charge in [0, 0.05) is 19.0 Å². The molecular weight excluding hydrogens is 376 g/mol. The molecule has 0 spiro atoms. The molecule has 1 aromatic carbocycles. The van der Waals surface area contributed by atoms with Gasteiger partial charge < -0.3 is 20.1 Å². The van der Waals surface area contributed by atoms with E-state index in [1.54, 1.807) is 12.1 Å². The zero-order valence-corrected chi connectivity index (χ0v) is 15.9. The van der Waals surface area contributed by atoms with Gasteiger partial charge in [-0.25, -0.2) is 8.42 Å². The minimum atomic E-state index is -3.06. The molecule has 0 aliphatic carbocycles. The van der Waals surface area contributed by atoms with Gasteiger partial charge in [-0.15, -0.1) is 0 Å². The second-order valence-corrected chi connectivity index (χ2v) is 8.51. The van der Waals surface area contributed by atoms with Gasteiger partial charge in [-0.2, -0.15) is 0 Å². The minimum Gasteiger partial charge on any atom is -0.495 e. The third-order valence-corrected chi connectivity index (χ3v) is 5.78. The van der Waals surface area contributed by atoms with Crippen LogP contribution in [0.1, 0.15) is 19.8 Å². The molecule has 1 fully saturated rings. The van der Waals surface area contributed by atoms with Gasteiger partial charge >= 0.3 is 5.97 Å². The average Bonchev–Trinajstić information content (AvgIpc) is 2.91. The summed E-state index contributed by atoms with van der Waals surface area (Å²) in [5, 5.41) is 5.14. The van der Waals surface area contributed by atoms with Crippen LogP contribution in [0.4, 0.5) is 11.4 Å². The summed E-state index contributed by atoms with van der Waals surface area (Å²) >= 11 is 0. The van der Waals surface area contributed by atoms with Crippen LogP contribution in [-0.2, 0) is 29.0 Å². The highest BCUT2D eigenvalue weighted by molar-refractivity contribution is 7.91. The quantitative estimate of drug-likeness (QED) is 0.655. The number of rotatable bonds is 7. The fourth-order valence-corrected chi connectivity index (χ4v) is 4.61. The van der Waals surface area contributed by atoms with Crippen LogP contribution in [-0.4, -0.2) is 51.4 Å². The number of sulfone groups is 1. The maximum Gasteiger partial charge on any atom is 0.306 e. The molecule has 0 saturated carbocycles.